The number of amides is 2. The number of carbonyl (C=O) groups is 2. The van der Waals surface area contributed by atoms with Crippen LogP contribution in [0.5, 0.6) is 0 Å². The zero-order chi connectivity index (χ0) is 28.0. The third kappa shape index (κ3) is 7.03. The van der Waals surface area contributed by atoms with E-state index >= 15 is 0 Å². The van der Waals surface area contributed by atoms with E-state index in [2.05, 4.69) is 5.32 Å². The Labute approximate surface area is 232 Å². The van der Waals surface area contributed by atoms with Crippen LogP contribution in [0.1, 0.15) is 26.3 Å². The molecule has 3 aromatic carbocycles. The number of nitrogens with zero attached hydrogens (tertiary/aromatic N) is 2. The first-order chi connectivity index (χ1) is 17.9. The molecule has 3 aromatic rings. The molecule has 0 heterocycles. The maximum atomic E-state index is 13.9. The second-order valence-corrected chi connectivity index (χ2v) is 11.6. The van der Waals surface area contributed by atoms with E-state index in [0.29, 0.717) is 10.6 Å². The van der Waals surface area contributed by atoms with Gasteiger partial charge in [0.15, 0.2) is 0 Å². The molecule has 0 aliphatic heterocycles. The highest BCUT2D eigenvalue weighted by atomic mass is 35.5. The molecule has 3 rings (SSSR count). The summed E-state index contributed by atoms with van der Waals surface area (Å²) < 4.78 is 42.1. The van der Waals surface area contributed by atoms with Crippen molar-refractivity contribution < 1.29 is 22.4 Å². The van der Waals surface area contributed by atoms with Crippen molar-refractivity contribution in [1.82, 2.24) is 10.2 Å². The maximum Gasteiger partial charge on any atom is 0.264 e. The number of rotatable bonds is 10. The van der Waals surface area contributed by atoms with Crippen LogP contribution in [-0.4, -0.2) is 43.8 Å². The summed E-state index contributed by atoms with van der Waals surface area (Å²) in [7, 11) is -4.28. The van der Waals surface area contributed by atoms with Gasteiger partial charge in [-0.2, -0.15) is 0 Å². The summed E-state index contributed by atoms with van der Waals surface area (Å²) in [4.78, 5) is 27.9. The molecule has 0 spiro atoms. The van der Waals surface area contributed by atoms with Crippen LogP contribution in [0.25, 0.3) is 0 Å². The summed E-state index contributed by atoms with van der Waals surface area (Å²) in [6.45, 7) is 4.41. The molecule has 0 saturated carbocycles. The smallest absolute Gasteiger partial charge is 0.264 e. The Morgan fingerprint density at radius 2 is 1.55 bits per heavy atom. The Kier molecular flexibility index (Phi) is 9.76. The molecule has 0 unspecified atom stereocenters. The SMILES string of the molecule is CC(C)NC(=O)[C@@H](C)N(Cc1ccccc1Cl)C(=O)CN(c1ccc(F)c(Cl)c1)S(=O)(=O)c1ccccc1. The van der Waals surface area contributed by atoms with Crippen molar-refractivity contribution >= 4 is 50.7 Å². The van der Waals surface area contributed by atoms with Gasteiger partial charge in [0.2, 0.25) is 11.8 Å². The van der Waals surface area contributed by atoms with E-state index in [4.69, 9.17) is 23.2 Å². The first kappa shape index (κ1) is 29.4. The molecule has 11 heteroatoms. The third-order valence-electron chi connectivity index (χ3n) is 5.70. The van der Waals surface area contributed by atoms with Gasteiger partial charge >= 0.3 is 0 Å². The first-order valence-corrected chi connectivity index (χ1v) is 14.0. The number of carbonyl (C=O) groups excluding carboxylic acids is 2. The lowest BCUT2D eigenvalue weighted by Crippen LogP contribution is -2.52. The predicted molar refractivity (Wildman–Crippen MR) is 147 cm³/mol. The van der Waals surface area contributed by atoms with Gasteiger partial charge in [-0.1, -0.05) is 59.6 Å². The zero-order valence-corrected chi connectivity index (χ0v) is 23.4. The maximum absolute atomic E-state index is 13.9. The molecule has 38 heavy (non-hydrogen) atoms. The number of hydrogen-bond acceptors (Lipinski definition) is 4. The number of hydrogen-bond donors (Lipinski definition) is 1. The minimum atomic E-state index is -4.28. The summed E-state index contributed by atoms with van der Waals surface area (Å²) in [6, 6.07) is 16.6. The van der Waals surface area contributed by atoms with Gasteiger partial charge in [-0.05, 0) is 62.7 Å². The Bertz CT molecular complexity index is 1400. The molecule has 2 amide bonds. The van der Waals surface area contributed by atoms with Crippen molar-refractivity contribution in [3.8, 4) is 0 Å². The molecule has 1 atom stereocenters. The van der Waals surface area contributed by atoms with Crippen molar-refractivity contribution in [2.75, 3.05) is 10.8 Å². The number of sulfonamides is 1. The van der Waals surface area contributed by atoms with E-state index < -0.39 is 40.2 Å². The normalized spacial score (nSPS) is 12.2. The molecule has 0 aliphatic rings. The lowest BCUT2D eigenvalue weighted by atomic mass is 10.1. The summed E-state index contributed by atoms with van der Waals surface area (Å²) >= 11 is 12.3. The van der Waals surface area contributed by atoms with Gasteiger partial charge in [-0.3, -0.25) is 13.9 Å². The van der Waals surface area contributed by atoms with Gasteiger partial charge in [-0.15, -0.1) is 0 Å². The molecule has 0 fully saturated rings. The van der Waals surface area contributed by atoms with Crippen LogP contribution in [0.15, 0.2) is 77.7 Å². The van der Waals surface area contributed by atoms with Crippen LogP contribution < -0.4 is 9.62 Å². The van der Waals surface area contributed by atoms with Gasteiger partial charge in [0.05, 0.1) is 15.6 Å². The molecular weight excluding hydrogens is 552 g/mol. The molecule has 0 bridgehead atoms. The van der Waals surface area contributed by atoms with Crippen LogP contribution >= 0.6 is 23.2 Å². The van der Waals surface area contributed by atoms with E-state index in [1.165, 1.54) is 23.1 Å². The summed E-state index contributed by atoms with van der Waals surface area (Å²) in [6.07, 6.45) is 0. The van der Waals surface area contributed by atoms with Crippen molar-refractivity contribution in [2.45, 2.75) is 44.3 Å². The highest BCUT2D eigenvalue weighted by molar-refractivity contribution is 7.92. The highest BCUT2D eigenvalue weighted by Gasteiger charge is 2.33. The molecule has 0 aliphatic carbocycles. The van der Waals surface area contributed by atoms with Crippen LogP contribution in [0.3, 0.4) is 0 Å². The topological polar surface area (TPSA) is 86.8 Å². The van der Waals surface area contributed by atoms with E-state index in [1.807, 2.05) is 0 Å². The quantitative estimate of drug-likeness (QED) is 0.354. The summed E-state index contributed by atoms with van der Waals surface area (Å²) in [5.74, 6) is -1.82. The molecule has 1 N–H and O–H groups in total. The molecule has 7 nitrogen and oxygen atoms in total. The lowest BCUT2D eigenvalue weighted by molar-refractivity contribution is -0.139. The molecular formula is C27H28Cl2FN3O4S. The van der Waals surface area contributed by atoms with Crippen molar-refractivity contribution in [3.05, 3.63) is 94.2 Å². The molecule has 0 radical (unpaired) electrons. The number of halogens is 3. The average Bonchev–Trinajstić information content (AvgIpc) is 2.88. The average molecular weight is 581 g/mol. The van der Waals surface area contributed by atoms with E-state index in [0.717, 1.165) is 16.4 Å². The second-order valence-electron chi connectivity index (χ2n) is 8.88. The fraction of sp³-hybridized carbons (Fsp3) is 0.259. The molecule has 0 aromatic heterocycles. The summed E-state index contributed by atoms with van der Waals surface area (Å²) in [5.41, 5.74) is 0.569. The van der Waals surface area contributed by atoms with E-state index in [-0.39, 0.29) is 28.2 Å². The number of nitrogens with one attached hydrogen (secondary N) is 1. The van der Waals surface area contributed by atoms with Gasteiger partial charge in [0.1, 0.15) is 18.4 Å². The first-order valence-electron chi connectivity index (χ1n) is 11.8. The van der Waals surface area contributed by atoms with Gasteiger partial charge in [0.25, 0.3) is 10.0 Å². The minimum absolute atomic E-state index is 0.00872. The predicted octanol–water partition coefficient (Wildman–Crippen LogP) is 5.27. The molecule has 202 valence electrons. The van der Waals surface area contributed by atoms with Gasteiger partial charge in [0, 0.05) is 17.6 Å². The van der Waals surface area contributed by atoms with Crippen molar-refractivity contribution in [3.63, 3.8) is 0 Å². The Hall–Kier alpha value is -3.14. The van der Waals surface area contributed by atoms with Crippen LogP contribution in [-0.2, 0) is 26.2 Å². The van der Waals surface area contributed by atoms with Crippen molar-refractivity contribution in [1.29, 1.82) is 0 Å². The van der Waals surface area contributed by atoms with Gasteiger partial charge < -0.3 is 10.2 Å². The standard InChI is InChI=1S/C27H28Cl2FN3O4S/c1-18(2)31-27(35)19(3)32(16-20-9-7-8-12-23(20)28)26(34)17-33(21-13-14-25(30)24(29)15-21)38(36,37)22-10-5-4-6-11-22/h4-15,18-19H,16-17H2,1-3H3,(H,31,35)/t19-/m1/s1. The monoisotopic (exact) mass is 579 g/mol. The van der Waals surface area contributed by atoms with E-state index in [9.17, 15) is 22.4 Å². The largest absolute Gasteiger partial charge is 0.352 e. The Morgan fingerprint density at radius 3 is 2.16 bits per heavy atom. The van der Waals surface area contributed by atoms with Gasteiger partial charge in [-0.25, -0.2) is 12.8 Å². The Balaban J connectivity index is 2.06. The molecule has 0 saturated heterocycles. The van der Waals surface area contributed by atoms with Crippen LogP contribution in [0, 0.1) is 5.82 Å². The highest BCUT2D eigenvalue weighted by Crippen LogP contribution is 2.28. The van der Waals surface area contributed by atoms with Crippen molar-refractivity contribution in [2.24, 2.45) is 0 Å². The fourth-order valence-electron chi connectivity index (χ4n) is 3.69. The lowest BCUT2D eigenvalue weighted by Gasteiger charge is -2.32. The fourth-order valence-corrected chi connectivity index (χ4v) is 5.48. The third-order valence-corrected chi connectivity index (χ3v) is 8.14. The number of anilines is 1. The minimum Gasteiger partial charge on any atom is -0.352 e. The Morgan fingerprint density at radius 1 is 0.921 bits per heavy atom. The van der Waals surface area contributed by atoms with Crippen LogP contribution in [0.4, 0.5) is 10.1 Å². The second kappa shape index (κ2) is 12.6. The summed E-state index contributed by atoms with van der Waals surface area (Å²) in [5, 5.41) is 2.86. The zero-order valence-electron chi connectivity index (χ0n) is 21.1. The number of benzene rings is 3. The van der Waals surface area contributed by atoms with E-state index in [1.54, 1.807) is 63.2 Å². The van der Waals surface area contributed by atoms with Crippen LogP contribution in [0.2, 0.25) is 10.0 Å².